The predicted molar refractivity (Wildman–Crippen MR) is 144 cm³/mol. The van der Waals surface area contributed by atoms with Crippen LogP contribution >= 0.6 is 15.9 Å². The van der Waals surface area contributed by atoms with Crippen molar-refractivity contribution in [2.75, 3.05) is 26.7 Å². The highest BCUT2D eigenvalue weighted by atomic mass is 79.9. The van der Waals surface area contributed by atoms with E-state index in [2.05, 4.69) is 21.2 Å². The maximum Gasteiger partial charge on any atom is 0.289 e. The lowest BCUT2D eigenvalue weighted by Gasteiger charge is -2.40. The Balaban J connectivity index is 1.64. The highest BCUT2D eigenvalue weighted by Crippen LogP contribution is 2.31. The van der Waals surface area contributed by atoms with Gasteiger partial charge >= 0.3 is 0 Å². The third-order valence-electron chi connectivity index (χ3n) is 7.82. The van der Waals surface area contributed by atoms with Gasteiger partial charge in [-0.1, -0.05) is 46.5 Å². The first-order chi connectivity index (χ1) is 17.9. The Kier molecular flexibility index (Phi) is 10.4. The molecule has 0 bridgehead atoms. The van der Waals surface area contributed by atoms with Crippen LogP contribution < -0.4 is 5.32 Å². The minimum absolute atomic E-state index is 0.0751. The van der Waals surface area contributed by atoms with Crippen molar-refractivity contribution < 1.29 is 28.8 Å². The van der Waals surface area contributed by atoms with Crippen LogP contribution in [0.25, 0.3) is 0 Å². The van der Waals surface area contributed by atoms with E-state index in [0.29, 0.717) is 54.4 Å². The zero-order valence-corrected chi connectivity index (χ0v) is 24.4. The summed E-state index contributed by atoms with van der Waals surface area (Å²) in [5.74, 6) is -0.659. The molecule has 4 amide bonds. The van der Waals surface area contributed by atoms with Crippen LogP contribution in [-0.2, 0) is 14.4 Å². The molecule has 0 spiro atoms. The molecule has 212 valence electrons. The second kappa shape index (κ2) is 13.1. The molecule has 3 rings (SSSR count). The molecule has 1 aromatic heterocycles. The van der Waals surface area contributed by atoms with E-state index in [1.54, 1.807) is 29.0 Å². The molecule has 2 atom stereocenters. The van der Waals surface area contributed by atoms with Crippen LogP contribution in [0.15, 0.2) is 21.2 Å². The lowest BCUT2D eigenvalue weighted by molar-refractivity contribution is -0.156. The Morgan fingerprint density at radius 1 is 1.18 bits per heavy atom. The van der Waals surface area contributed by atoms with Gasteiger partial charge in [-0.3, -0.25) is 24.4 Å². The summed E-state index contributed by atoms with van der Waals surface area (Å²) in [5, 5.41) is 13.3. The van der Waals surface area contributed by atoms with Gasteiger partial charge in [-0.05, 0) is 58.7 Å². The van der Waals surface area contributed by atoms with Crippen molar-refractivity contribution in [3.8, 4) is 0 Å². The van der Waals surface area contributed by atoms with Gasteiger partial charge in [0, 0.05) is 26.2 Å². The fourth-order valence-corrected chi connectivity index (χ4v) is 5.82. The first-order valence-corrected chi connectivity index (χ1v) is 14.2. The smallest absolute Gasteiger partial charge is 0.289 e. The number of furan rings is 1. The Morgan fingerprint density at radius 3 is 2.34 bits per heavy atom. The van der Waals surface area contributed by atoms with Crippen LogP contribution in [0.1, 0.15) is 76.3 Å². The van der Waals surface area contributed by atoms with E-state index < -0.39 is 17.4 Å². The molecule has 0 unspecified atom stereocenters. The van der Waals surface area contributed by atoms with Crippen molar-refractivity contribution in [1.29, 1.82) is 0 Å². The minimum atomic E-state index is -0.783. The van der Waals surface area contributed by atoms with Gasteiger partial charge in [0.15, 0.2) is 10.4 Å². The van der Waals surface area contributed by atoms with Crippen LogP contribution in [0.5, 0.6) is 0 Å². The number of carbonyl (C=O) groups is 4. The summed E-state index contributed by atoms with van der Waals surface area (Å²) in [6.07, 6.45) is 6.39. The number of likely N-dealkylation sites (tertiary alicyclic amines) is 1. The van der Waals surface area contributed by atoms with Gasteiger partial charge in [0.1, 0.15) is 6.04 Å². The maximum absolute atomic E-state index is 13.7. The van der Waals surface area contributed by atoms with Gasteiger partial charge in [0.2, 0.25) is 18.2 Å². The molecular weight excluding hydrogens is 556 g/mol. The lowest BCUT2D eigenvalue weighted by atomic mass is 9.84. The van der Waals surface area contributed by atoms with Gasteiger partial charge in [-0.2, -0.15) is 0 Å². The number of halogens is 1. The average Bonchev–Trinajstić information content (AvgIpc) is 3.56. The molecule has 2 N–H and O–H groups in total. The largest absolute Gasteiger partial charge is 0.444 e. The standard InChI is InChI=1S/C27H41BrN4O6/c1-27(2,3)23(29-24(34)19(16-32(37)17-33)15-18-7-5-6-8-18)26(36)30(4)20-11-13-31(14-12-20)25(35)21-9-10-22(28)38-21/h9-10,17-20,23,37H,5-8,11-16H2,1-4H3,(H,29,34)/t19-,23-/m1/s1. The van der Waals surface area contributed by atoms with Gasteiger partial charge in [-0.15, -0.1) is 0 Å². The number of amides is 4. The zero-order valence-electron chi connectivity index (χ0n) is 22.8. The number of hydrogen-bond acceptors (Lipinski definition) is 6. The lowest BCUT2D eigenvalue weighted by Crippen LogP contribution is -2.58. The van der Waals surface area contributed by atoms with Crippen molar-refractivity contribution in [1.82, 2.24) is 20.2 Å². The Bertz CT molecular complexity index is 978. The molecule has 1 aromatic rings. The third kappa shape index (κ3) is 7.81. The second-order valence-corrected chi connectivity index (χ2v) is 12.5. The molecule has 10 nitrogen and oxygen atoms in total. The van der Waals surface area contributed by atoms with Crippen molar-refractivity contribution in [3.63, 3.8) is 0 Å². The Morgan fingerprint density at radius 2 is 1.82 bits per heavy atom. The summed E-state index contributed by atoms with van der Waals surface area (Å²) < 4.78 is 5.89. The molecule has 2 heterocycles. The number of likely N-dealkylation sites (N-methyl/N-ethyl adjacent to an activating group) is 1. The third-order valence-corrected chi connectivity index (χ3v) is 8.25. The average molecular weight is 598 g/mol. The van der Waals surface area contributed by atoms with E-state index in [0.717, 1.165) is 25.7 Å². The van der Waals surface area contributed by atoms with Crippen molar-refractivity contribution in [2.24, 2.45) is 17.3 Å². The molecule has 1 aliphatic carbocycles. The summed E-state index contributed by atoms with van der Waals surface area (Å²) in [6.45, 7) is 6.60. The minimum Gasteiger partial charge on any atom is -0.444 e. The Labute approximate surface area is 233 Å². The van der Waals surface area contributed by atoms with E-state index >= 15 is 0 Å². The molecule has 0 radical (unpaired) electrons. The number of nitrogens with one attached hydrogen (secondary N) is 1. The molecular formula is C27H41BrN4O6. The van der Waals surface area contributed by atoms with Crippen LogP contribution in [0, 0.1) is 17.3 Å². The SMILES string of the molecule is CN(C(=O)[C@@H](NC(=O)[C@H](CC1CCCC1)CN(O)C=O)C(C)(C)C)C1CCN(C(=O)c2ccc(Br)o2)CC1. The normalized spacial score (nSPS) is 18.6. The monoisotopic (exact) mass is 596 g/mol. The van der Waals surface area contributed by atoms with E-state index in [1.165, 1.54) is 0 Å². The number of hydrogen-bond donors (Lipinski definition) is 2. The summed E-state index contributed by atoms with van der Waals surface area (Å²) in [4.78, 5) is 54.3. The maximum atomic E-state index is 13.7. The van der Waals surface area contributed by atoms with Crippen molar-refractivity contribution in [3.05, 3.63) is 22.6 Å². The van der Waals surface area contributed by atoms with Gasteiger partial charge in [0.25, 0.3) is 5.91 Å². The summed E-state index contributed by atoms with van der Waals surface area (Å²) in [7, 11) is 1.75. The van der Waals surface area contributed by atoms with Crippen molar-refractivity contribution >= 4 is 40.1 Å². The van der Waals surface area contributed by atoms with Gasteiger partial charge in [-0.25, -0.2) is 5.06 Å². The molecule has 1 saturated carbocycles. The van der Waals surface area contributed by atoms with Crippen molar-refractivity contribution in [2.45, 2.75) is 77.8 Å². The van der Waals surface area contributed by atoms with E-state index in [9.17, 15) is 24.4 Å². The molecule has 1 aliphatic heterocycles. The van der Waals surface area contributed by atoms with E-state index in [-0.39, 0.29) is 36.1 Å². The summed E-state index contributed by atoms with van der Waals surface area (Å²) >= 11 is 3.22. The highest BCUT2D eigenvalue weighted by Gasteiger charge is 2.39. The second-order valence-electron chi connectivity index (χ2n) is 11.7. The number of rotatable bonds is 10. The number of nitrogens with zero attached hydrogens (tertiary/aromatic N) is 3. The van der Waals surface area contributed by atoms with Crippen LogP contribution in [-0.4, -0.2) is 83.0 Å². The molecule has 1 saturated heterocycles. The first-order valence-electron chi connectivity index (χ1n) is 13.4. The van der Waals surface area contributed by atoms with Crippen LogP contribution in [0.4, 0.5) is 0 Å². The summed E-state index contributed by atoms with van der Waals surface area (Å²) in [5.41, 5.74) is -0.564. The van der Waals surface area contributed by atoms with Crippen LogP contribution in [0.3, 0.4) is 0 Å². The number of carbonyl (C=O) groups excluding carboxylic acids is 4. The fraction of sp³-hybridized carbons (Fsp3) is 0.704. The molecule has 2 fully saturated rings. The molecule has 11 heteroatoms. The van der Waals surface area contributed by atoms with Crippen LogP contribution in [0.2, 0.25) is 0 Å². The molecule has 0 aromatic carbocycles. The molecule has 2 aliphatic rings. The van der Waals surface area contributed by atoms with Gasteiger partial charge in [0.05, 0.1) is 12.5 Å². The van der Waals surface area contributed by atoms with E-state index in [4.69, 9.17) is 4.42 Å². The molecule has 38 heavy (non-hydrogen) atoms. The zero-order chi connectivity index (χ0) is 28.0. The highest BCUT2D eigenvalue weighted by molar-refractivity contribution is 9.10. The quantitative estimate of drug-likeness (QED) is 0.241. The summed E-state index contributed by atoms with van der Waals surface area (Å²) in [6, 6.07) is 2.46. The predicted octanol–water partition coefficient (Wildman–Crippen LogP) is 3.68. The number of hydroxylamine groups is 2. The number of piperidine rings is 1. The Hall–Kier alpha value is -2.40. The van der Waals surface area contributed by atoms with Gasteiger partial charge < -0.3 is 19.5 Å². The van der Waals surface area contributed by atoms with E-state index in [1.807, 2.05) is 20.8 Å². The topological polar surface area (TPSA) is 123 Å². The first kappa shape index (κ1) is 30.1. The fourth-order valence-electron chi connectivity index (χ4n) is 5.52.